The molecule has 1 aliphatic heterocycles. The Kier molecular flexibility index (Phi) is 8.43. The number of amides is 1. The Morgan fingerprint density at radius 1 is 1.23 bits per heavy atom. The number of anilines is 2. The molecular weight excluding hydrogens is 592 g/mol. The third kappa shape index (κ3) is 5.93. The first-order valence-corrected chi connectivity index (χ1v) is 15.1. The van der Waals surface area contributed by atoms with Crippen LogP contribution in [0.4, 0.5) is 15.2 Å². The Bertz CT molecular complexity index is 1710. The highest BCUT2D eigenvalue weighted by atomic mass is 32.2. The summed E-state index contributed by atoms with van der Waals surface area (Å²) in [6.07, 6.45) is 0.789. The van der Waals surface area contributed by atoms with Gasteiger partial charge >= 0.3 is 0 Å². The lowest BCUT2D eigenvalue weighted by molar-refractivity contribution is -0.118. The van der Waals surface area contributed by atoms with Gasteiger partial charge < -0.3 is 20.5 Å². The van der Waals surface area contributed by atoms with E-state index in [9.17, 15) is 19.2 Å². The number of ether oxygens (including phenoxy) is 2. The van der Waals surface area contributed by atoms with Crippen molar-refractivity contribution in [1.82, 2.24) is 10.2 Å². The van der Waals surface area contributed by atoms with Gasteiger partial charge in [0.25, 0.3) is 0 Å². The molecule has 3 N–H and O–H groups in total. The van der Waals surface area contributed by atoms with E-state index >= 15 is 0 Å². The van der Waals surface area contributed by atoms with Crippen LogP contribution in [0, 0.1) is 22.6 Å². The number of hydrogen-bond acceptors (Lipinski definition) is 11. The third-order valence-corrected chi connectivity index (χ3v) is 9.24. The largest absolute Gasteiger partial charge is 0.497 e. The number of carbonyl (C=O) groups excluding carboxylic acids is 2. The number of aromatic nitrogens is 2. The van der Waals surface area contributed by atoms with Gasteiger partial charge in [-0.05, 0) is 30.0 Å². The van der Waals surface area contributed by atoms with Crippen molar-refractivity contribution in [1.29, 1.82) is 5.26 Å². The van der Waals surface area contributed by atoms with Crippen molar-refractivity contribution in [2.75, 3.05) is 30.2 Å². The molecule has 1 aromatic heterocycles. The van der Waals surface area contributed by atoms with Crippen LogP contribution in [0.5, 0.6) is 11.5 Å². The number of rotatable bonds is 8. The maximum atomic E-state index is 13.9. The van der Waals surface area contributed by atoms with E-state index in [2.05, 4.69) is 21.6 Å². The number of nitrogens with one attached hydrogen (secondary N) is 1. The van der Waals surface area contributed by atoms with Gasteiger partial charge in [0.2, 0.25) is 11.0 Å². The van der Waals surface area contributed by atoms with Crippen molar-refractivity contribution < 1.29 is 23.5 Å². The first kappa shape index (κ1) is 30.1. The van der Waals surface area contributed by atoms with Gasteiger partial charge in [0.15, 0.2) is 10.1 Å². The van der Waals surface area contributed by atoms with E-state index in [4.69, 9.17) is 15.2 Å². The summed E-state index contributed by atoms with van der Waals surface area (Å²) >= 11 is 2.31. The molecule has 1 unspecified atom stereocenters. The van der Waals surface area contributed by atoms with Gasteiger partial charge in [-0.1, -0.05) is 55.1 Å². The van der Waals surface area contributed by atoms with Gasteiger partial charge in [-0.2, -0.15) is 5.26 Å². The molecule has 10 nitrogen and oxygen atoms in total. The van der Waals surface area contributed by atoms with Crippen molar-refractivity contribution in [2.45, 2.75) is 36.9 Å². The van der Waals surface area contributed by atoms with E-state index in [1.165, 1.54) is 30.6 Å². The molecule has 0 radical (unpaired) electrons. The Morgan fingerprint density at radius 3 is 2.70 bits per heavy atom. The molecule has 222 valence electrons. The van der Waals surface area contributed by atoms with Crippen LogP contribution in [0.1, 0.15) is 38.2 Å². The summed E-state index contributed by atoms with van der Waals surface area (Å²) < 4.78 is 25.4. The fourth-order valence-electron chi connectivity index (χ4n) is 5.32. The fraction of sp³-hybridized carbons (Fsp3) is 0.300. The molecule has 0 spiro atoms. The minimum absolute atomic E-state index is 0.0312. The van der Waals surface area contributed by atoms with Crippen LogP contribution in [-0.4, -0.2) is 41.9 Å². The molecule has 43 heavy (non-hydrogen) atoms. The summed E-state index contributed by atoms with van der Waals surface area (Å²) in [6.45, 7) is 4.01. The predicted molar refractivity (Wildman–Crippen MR) is 162 cm³/mol. The average Bonchev–Trinajstić information content (AvgIpc) is 3.44. The molecule has 1 aliphatic carbocycles. The number of methoxy groups -OCH3 is 2. The standard InChI is InChI=1S/C30H29FN6O4S2/c1-30(2)12-21-26(22(38)13-30)25(17-10-9-16(40-3)11-23(17)41-4)18(14-32)27(33)37(21)28-35-36-29(43-28)42-15-24(39)34-20-8-6-5-7-19(20)31/h5-11,25H,12-13,15,33H2,1-4H3,(H,34,39). The van der Waals surface area contributed by atoms with E-state index < -0.39 is 17.6 Å². The number of carbonyl (C=O) groups is 2. The molecule has 1 atom stereocenters. The molecule has 0 saturated heterocycles. The van der Waals surface area contributed by atoms with Gasteiger partial charge in [-0.25, -0.2) is 4.39 Å². The first-order valence-electron chi connectivity index (χ1n) is 13.3. The molecule has 2 heterocycles. The van der Waals surface area contributed by atoms with Crippen LogP contribution in [0.15, 0.2) is 69.5 Å². The van der Waals surface area contributed by atoms with Crippen molar-refractivity contribution in [3.63, 3.8) is 0 Å². The summed E-state index contributed by atoms with van der Waals surface area (Å²) in [5.74, 6) is -0.633. The van der Waals surface area contributed by atoms with E-state index in [0.717, 1.165) is 11.8 Å². The second-order valence-electron chi connectivity index (χ2n) is 10.8. The minimum atomic E-state index is -0.746. The molecular formula is C30H29FN6O4S2. The topological polar surface area (TPSA) is 143 Å². The van der Waals surface area contributed by atoms with Crippen LogP contribution in [0.25, 0.3) is 0 Å². The van der Waals surface area contributed by atoms with Crippen molar-refractivity contribution >= 4 is 45.6 Å². The predicted octanol–water partition coefficient (Wildman–Crippen LogP) is 5.37. The highest BCUT2D eigenvalue weighted by Gasteiger charge is 2.46. The van der Waals surface area contributed by atoms with Gasteiger partial charge in [-0.15, -0.1) is 10.2 Å². The molecule has 0 bridgehead atoms. The number of halogens is 1. The van der Waals surface area contributed by atoms with Crippen LogP contribution >= 0.6 is 23.1 Å². The molecule has 13 heteroatoms. The molecule has 0 saturated carbocycles. The van der Waals surface area contributed by atoms with Crippen molar-refractivity contribution in [2.24, 2.45) is 11.1 Å². The Morgan fingerprint density at radius 2 is 2.00 bits per heavy atom. The molecule has 3 aromatic rings. The smallest absolute Gasteiger partial charge is 0.234 e. The van der Waals surface area contributed by atoms with Crippen LogP contribution < -0.4 is 25.4 Å². The minimum Gasteiger partial charge on any atom is -0.497 e. The number of benzene rings is 2. The van der Waals surface area contributed by atoms with Gasteiger partial charge in [-0.3, -0.25) is 14.5 Å². The van der Waals surface area contributed by atoms with E-state index in [0.29, 0.717) is 50.6 Å². The van der Waals surface area contributed by atoms with Crippen LogP contribution in [0.2, 0.25) is 0 Å². The van der Waals surface area contributed by atoms with Gasteiger partial charge in [0.1, 0.15) is 23.1 Å². The SMILES string of the molecule is COc1ccc(C2C(C#N)=C(N)N(c3nnc(SCC(=O)Nc4ccccc4F)s3)C3=C2C(=O)CC(C)(C)C3)c(OC)c1. The van der Waals surface area contributed by atoms with Gasteiger partial charge in [0, 0.05) is 29.3 Å². The second-order valence-corrected chi connectivity index (χ2v) is 12.9. The Labute approximate surface area is 256 Å². The van der Waals surface area contributed by atoms with Crippen LogP contribution in [0.3, 0.4) is 0 Å². The number of nitriles is 1. The summed E-state index contributed by atoms with van der Waals surface area (Å²) in [5, 5.41) is 21.8. The fourth-order valence-corrected chi connectivity index (χ4v) is 7.00. The zero-order valence-electron chi connectivity index (χ0n) is 23.9. The second kappa shape index (κ2) is 12.1. The molecule has 2 aromatic carbocycles. The van der Waals surface area contributed by atoms with Crippen molar-refractivity contribution in [3.05, 3.63) is 76.5 Å². The normalized spacial score (nSPS) is 17.8. The maximum Gasteiger partial charge on any atom is 0.234 e. The summed E-state index contributed by atoms with van der Waals surface area (Å²) in [6, 6.07) is 13.4. The quantitative estimate of drug-likeness (QED) is 0.316. The molecule has 2 aliphatic rings. The van der Waals surface area contributed by atoms with E-state index in [1.807, 2.05) is 13.8 Å². The maximum absolute atomic E-state index is 13.9. The lowest BCUT2D eigenvalue weighted by atomic mass is 9.68. The number of ketones is 1. The van der Waals surface area contributed by atoms with E-state index in [-0.39, 0.29) is 34.0 Å². The number of hydrogen-bond donors (Lipinski definition) is 2. The number of Topliss-reactive ketones (excluding diaryl/α,β-unsaturated/α-hetero) is 1. The van der Waals surface area contributed by atoms with E-state index in [1.54, 1.807) is 42.3 Å². The summed E-state index contributed by atoms with van der Waals surface area (Å²) in [5.41, 5.74) is 8.35. The number of para-hydroxylation sites is 1. The molecule has 0 fully saturated rings. The highest BCUT2D eigenvalue weighted by Crippen LogP contribution is 2.52. The van der Waals surface area contributed by atoms with Crippen LogP contribution in [-0.2, 0) is 9.59 Å². The number of nitrogens with zero attached hydrogens (tertiary/aromatic N) is 4. The number of nitrogens with two attached hydrogens (primary N) is 1. The zero-order chi connectivity index (χ0) is 30.9. The third-order valence-electron chi connectivity index (χ3n) is 7.19. The highest BCUT2D eigenvalue weighted by molar-refractivity contribution is 8.01. The Balaban J connectivity index is 1.51. The monoisotopic (exact) mass is 620 g/mol. The average molecular weight is 621 g/mol. The summed E-state index contributed by atoms with van der Waals surface area (Å²) in [4.78, 5) is 27.9. The zero-order valence-corrected chi connectivity index (χ0v) is 25.6. The number of thioether (sulfide) groups is 1. The lowest BCUT2D eigenvalue weighted by Crippen LogP contribution is -2.42. The molecule has 1 amide bonds. The molecule has 5 rings (SSSR count). The lowest BCUT2D eigenvalue weighted by Gasteiger charge is -2.42. The number of allylic oxidation sites excluding steroid dienone is 3. The van der Waals surface area contributed by atoms with Gasteiger partial charge in [0.05, 0.1) is 43.2 Å². The first-order chi connectivity index (χ1) is 20.6. The van der Waals surface area contributed by atoms with Crippen molar-refractivity contribution in [3.8, 4) is 17.6 Å². The Hall–Kier alpha value is -4.41. The summed E-state index contributed by atoms with van der Waals surface area (Å²) in [7, 11) is 3.06.